The normalized spacial score (nSPS) is 14.5. The molecule has 1 N–H and O–H groups in total. The number of carbonyl (C=O) groups is 2. The Morgan fingerprint density at radius 3 is 2.24 bits per heavy atom. The Kier molecular flexibility index (Phi) is 8.46. The van der Waals surface area contributed by atoms with Crippen molar-refractivity contribution in [3.8, 4) is 11.5 Å². The first-order valence-electron chi connectivity index (χ1n) is 10.8. The van der Waals surface area contributed by atoms with E-state index in [2.05, 4.69) is 5.32 Å². The average molecular weight is 494 g/mol. The molecule has 0 atom stereocenters. The van der Waals surface area contributed by atoms with Crippen molar-refractivity contribution in [3.63, 3.8) is 0 Å². The number of halogens is 1. The first kappa shape index (κ1) is 25.4. The smallest absolute Gasteiger partial charge is 0.251 e. The fraction of sp³-hybridized carbons (Fsp3) is 0.391. The predicted octanol–water partition coefficient (Wildman–Crippen LogP) is 1.89. The Morgan fingerprint density at radius 1 is 0.971 bits per heavy atom. The third kappa shape index (κ3) is 6.03. The second-order valence-corrected chi connectivity index (χ2v) is 9.61. The van der Waals surface area contributed by atoms with E-state index in [-0.39, 0.29) is 49.3 Å². The van der Waals surface area contributed by atoms with Crippen molar-refractivity contribution in [2.24, 2.45) is 0 Å². The van der Waals surface area contributed by atoms with E-state index in [1.54, 1.807) is 11.0 Å². The highest BCUT2D eigenvalue weighted by molar-refractivity contribution is 7.89. The van der Waals surface area contributed by atoms with Crippen LogP contribution in [-0.4, -0.2) is 76.4 Å². The van der Waals surface area contributed by atoms with Crippen molar-refractivity contribution < 1.29 is 31.9 Å². The van der Waals surface area contributed by atoms with Crippen molar-refractivity contribution in [1.29, 1.82) is 0 Å². The molecule has 1 fully saturated rings. The van der Waals surface area contributed by atoms with Gasteiger partial charge in [0, 0.05) is 50.8 Å². The van der Waals surface area contributed by atoms with Gasteiger partial charge in [-0.25, -0.2) is 12.8 Å². The van der Waals surface area contributed by atoms with Crippen molar-refractivity contribution in [1.82, 2.24) is 14.5 Å². The minimum Gasteiger partial charge on any atom is -0.493 e. The van der Waals surface area contributed by atoms with E-state index in [4.69, 9.17) is 9.47 Å². The van der Waals surface area contributed by atoms with Crippen LogP contribution in [0, 0.1) is 5.82 Å². The lowest BCUT2D eigenvalue weighted by atomic mass is 10.2. The van der Waals surface area contributed by atoms with Crippen molar-refractivity contribution in [2.75, 3.05) is 46.9 Å². The van der Waals surface area contributed by atoms with Crippen LogP contribution in [-0.2, 0) is 14.8 Å². The van der Waals surface area contributed by atoms with E-state index in [1.165, 1.54) is 54.9 Å². The maximum Gasteiger partial charge on any atom is 0.251 e. The van der Waals surface area contributed by atoms with E-state index in [1.807, 2.05) is 0 Å². The third-order valence-corrected chi connectivity index (χ3v) is 7.44. The minimum atomic E-state index is -3.74. The number of benzene rings is 2. The van der Waals surface area contributed by atoms with Gasteiger partial charge >= 0.3 is 0 Å². The molecule has 0 spiro atoms. The number of nitrogens with zero attached hydrogens (tertiary/aromatic N) is 2. The average Bonchev–Trinajstić information content (AvgIpc) is 2.86. The molecular weight excluding hydrogens is 465 g/mol. The topological polar surface area (TPSA) is 105 Å². The molecule has 1 saturated heterocycles. The van der Waals surface area contributed by atoms with Gasteiger partial charge < -0.3 is 19.7 Å². The summed E-state index contributed by atoms with van der Waals surface area (Å²) in [4.78, 5) is 26.2. The fourth-order valence-corrected chi connectivity index (χ4v) is 5.05. The molecule has 0 bridgehead atoms. The Balaban J connectivity index is 1.46. The van der Waals surface area contributed by atoms with Gasteiger partial charge in [-0.05, 0) is 42.8 Å². The molecule has 0 radical (unpaired) electrons. The van der Waals surface area contributed by atoms with E-state index >= 15 is 0 Å². The number of piperazine rings is 1. The second-order valence-electron chi connectivity index (χ2n) is 7.67. The third-order valence-electron chi connectivity index (χ3n) is 5.54. The molecular formula is C23H28FN3O6S. The van der Waals surface area contributed by atoms with E-state index in [0.717, 1.165) is 0 Å². The molecule has 11 heteroatoms. The number of hydrogen-bond acceptors (Lipinski definition) is 6. The van der Waals surface area contributed by atoms with Crippen LogP contribution >= 0.6 is 0 Å². The fourth-order valence-electron chi connectivity index (χ4n) is 3.61. The van der Waals surface area contributed by atoms with Crippen LogP contribution in [0.15, 0.2) is 47.4 Å². The number of rotatable bonds is 9. The molecule has 2 amide bonds. The number of sulfonamides is 1. The highest BCUT2D eigenvalue weighted by atomic mass is 32.2. The van der Waals surface area contributed by atoms with Crippen LogP contribution in [0.1, 0.15) is 23.2 Å². The predicted molar refractivity (Wildman–Crippen MR) is 123 cm³/mol. The van der Waals surface area contributed by atoms with Gasteiger partial charge in [0.25, 0.3) is 5.91 Å². The van der Waals surface area contributed by atoms with E-state index in [0.29, 0.717) is 30.0 Å². The van der Waals surface area contributed by atoms with Gasteiger partial charge in [-0.2, -0.15) is 4.31 Å². The molecule has 3 rings (SSSR count). The quantitative estimate of drug-likeness (QED) is 0.535. The summed E-state index contributed by atoms with van der Waals surface area (Å²) in [5.41, 5.74) is 0.347. The zero-order valence-corrected chi connectivity index (χ0v) is 19.9. The first-order chi connectivity index (χ1) is 16.3. The van der Waals surface area contributed by atoms with E-state index in [9.17, 15) is 22.4 Å². The summed E-state index contributed by atoms with van der Waals surface area (Å²) >= 11 is 0. The van der Waals surface area contributed by atoms with Gasteiger partial charge in [0.05, 0.1) is 19.1 Å². The van der Waals surface area contributed by atoms with Crippen LogP contribution in [0.25, 0.3) is 0 Å². The summed E-state index contributed by atoms with van der Waals surface area (Å²) < 4.78 is 50.7. The molecule has 34 heavy (non-hydrogen) atoms. The lowest BCUT2D eigenvalue weighted by molar-refractivity contribution is -0.132. The standard InChI is InChI=1S/C23H28FN3O6S/c1-32-20-10-9-19(16-21(20)33-2)34(30,31)27-14-12-26(13-15-27)22(28)4-3-11-25-23(29)17-5-7-18(24)8-6-17/h5-10,16H,3-4,11-15H2,1-2H3,(H,25,29). The monoisotopic (exact) mass is 493 g/mol. The zero-order chi connectivity index (χ0) is 24.7. The van der Waals surface area contributed by atoms with Crippen LogP contribution in [0.5, 0.6) is 11.5 Å². The maximum absolute atomic E-state index is 13.0. The number of methoxy groups -OCH3 is 2. The van der Waals surface area contributed by atoms with Gasteiger partial charge in [0.1, 0.15) is 5.82 Å². The molecule has 0 aromatic heterocycles. The molecule has 9 nitrogen and oxygen atoms in total. The Morgan fingerprint density at radius 2 is 1.62 bits per heavy atom. The van der Waals surface area contributed by atoms with Gasteiger partial charge in [-0.3, -0.25) is 9.59 Å². The molecule has 0 aliphatic carbocycles. The lowest BCUT2D eigenvalue weighted by Crippen LogP contribution is -2.50. The number of ether oxygens (including phenoxy) is 2. The highest BCUT2D eigenvalue weighted by Gasteiger charge is 2.30. The van der Waals surface area contributed by atoms with Crippen LogP contribution in [0.4, 0.5) is 4.39 Å². The van der Waals surface area contributed by atoms with Gasteiger partial charge in [0.15, 0.2) is 11.5 Å². The van der Waals surface area contributed by atoms with Crippen molar-refractivity contribution in [3.05, 3.63) is 53.8 Å². The van der Waals surface area contributed by atoms with Crippen LogP contribution < -0.4 is 14.8 Å². The molecule has 0 unspecified atom stereocenters. The second kappa shape index (κ2) is 11.3. The largest absolute Gasteiger partial charge is 0.493 e. The SMILES string of the molecule is COc1ccc(S(=O)(=O)N2CCN(C(=O)CCCNC(=O)c3ccc(F)cc3)CC2)cc1OC. The number of hydrogen-bond donors (Lipinski definition) is 1. The summed E-state index contributed by atoms with van der Waals surface area (Å²) in [6.07, 6.45) is 0.669. The Bertz CT molecular complexity index is 1120. The summed E-state index contributed by atoms with van der Waals surface area (Å²) in [6.45, 7) is 1.24. The first-order valence-corrected chi connectivity index (χ1v) is 12.2. The van der Waals surface area contributed by atoms with Crippen LogP contribution in [0.2, 0.25) is 0 Å². The summed E-state index contributed by atoms with van der Waals surface area (Å²) in [5, 5.41) is 2.70. The summed E-state index contributed by atoms with van der Waals surface area (Å²) in [5.74, 6) is -0.0889. The van der Waals surface area contributed by atoms with Crippen molar-refractivity contribution >= 4 is 21.8 Å². The lowest BCUT2D eigenvalue weighted by Gasteiger charge is -2.34. The molecule has 1 heterocycles. The maximum atomic E-state index is 13.0. The Labute approximate surface area is 198 Å². The van der Waals surface area contributed by atoms with Crippen molar-refractivity contribution in [2.45, 2.75) is 17.7 Å². The number of amides is 2. The Hall–Kier alpha value is -3.18. The van der Waals surface area contributed by atoms with Crippen LogP contribution in [0.3, 0.4) is 0 Å². The summed E-state index contributed by atoms with van der Waals surface area (Å²) in [7, 11) is -0.828. The van der Waals surface area contributed by atoms with E-state index < -0.39 is 15.8 Å². The molecule has 2 aromatic carbocycles. The van der Waals surface area contributed by atoms with Gasteiger partial charge in [0.2, 0.25) is 15.9 Å². The highest BCUT2D eigenvalue weighted by Crippen LogP contribution is 2.30. The molecule has 184 valence electrons. The minimum absolute atomic E-state index is 0.0980. The summed E-state index contributed by atoms with van der Waals surface area (Å²) in [6, 6.07) is 9.64. The molecule has 2 aromatic rings. The molecule has 1 aliphatic rings. The number of nitrogens with one attached hydrogen (secondary N) is 1. The zero-order valence-electron chi connectivity index (χ0n) is 19.1. The van der Waals surface area contributed by atoms with Gasteiger partial charge in [-0.15, -0.1) is 0 Å². The van der Waals surface area contributed by atoms with Gasteiger partial charge in [-0.1, -0.05) is 0 Å². The molecule has 0 saturated carbocycles. The number of carbonyl (C=O) groups excluding carboxylic acids is 2. The molecule has 1 aliphatic heterocycles.